The summed E-state index contributed by atoms with van der Waals surface area (Å²) in [4.78, 5) is 20.9. The number of benzene rings is 2. The van der Waals surface area contributed by atoms with Crippen molar-refractivity contribution in [2.75, 3.05) is 57.4 Å². The smallest absolute Gasteiger partial charge is 0.264 e. The van der Waals surface area contributed by atoms with Gasteiger partial charge in [0.1, 0.15) is 11.6 Å². The van der Waals surface area contributed by atoms with Crippen molar-refractivity contribution < 1.29 is 27.1 Å². The molecule has 2 aromatic carbocycles. The van der Waals surface area contributed by atoms with Crippen LogP contribution in [0.15, 0.2) is 42.0 Å². The number of carbonyl (C=O) groups excluding carboxylic acids is 1. The Bertz CT molecular complexity index is 1800. The topological polar surface area (TPSA) is 91.4 Å². The van der Waals surface area contributed by atoms with Crippen LogP contribution < -0.4 is 14.4 Å². The molecule has 1 amide bonds. The Morgan fingerprint density at radius 1 is 1.08 bits per heavy atom. The van der Waals surface area contributed by atoms with E-state index in [9.17, 15) is 13.2 Å². The molecule has 2 aliphatic carbocycles. The molecule has 2 aromatic rings. The molecule has 0 aromatic heterocycles. The minimum atomic E-state index is -3.98. The number of ether oxygens (including phenoxy) is 2. The second-order valence-electron chi connectivity index (χ2n) is 16.3. The quantitative estimate of drug-likeness (QED) is 0.337. The van der Waals surface area contributed by atoms with Crippen molar-refractivity contribution in [2.24, 2.45) is 23.7 Å². The average molecular weight is 771 g/mol. The first-order chi connectivity index (χ1) is 25.4. The fourth-order valence-corrected chi connectivity index (χ4v) is 10.4. The van der Waals surface area contributed by atoms with Crippen LogP contribution in [0.5, 0.6) is 5.75 Å². The third kappa shape index (κ3) is 8.30. The molecule has 0 unspecified atom stereocenters. The number of allylic oxidation sites excluding steroid dienone is 1. The van der Waals surface area contributed by atoms with Crippen LogP contribution in [-0.4, -0.2) is 94.0 Å². The maximum absolute atomic E-state index is 15.6. The van der Waals surface area contributed by atoms with Crippen molar-refractivity contribution in [1.29, 1.82) is 0 Å². The van der Waals surface area contributed by atoms with Crippen LogP contribution in [0.25, 0.3) is 0 Å². The fourth-order valence-electron chi connectivity index (χ4n) is 8.91. The Labute approximate surface area is 320 Å². The van der Waals surface area contributed by atoms with Crippen LogP contribution in [0, 0.1) is 29.5 Å². The summed E-state index contributed by atoms with van der Waals surface area (Å²) in [6, 6.07) is 9.23. The molecule has 2 fully saturated rings. The summed E-state index contributed by atoms with van der Waals surface area (Å²) in [6.45, 7) is 15.4. The lowest BCUT2D eigenvalue weighted by Crippen LogP contribution is -2.50. The van der Waals surface area contributed by atoms with E-state index in [-0.39, 0.29) is 46.2 Å². The third-order valence-corrected chi connectivity index (χ3v) is 15.0. The number of hydrogen-bond donors (Lipinski definition) is 1. The van der Waals surface area contributed by atoms with Gasteiger partial charge in [0.15, 0.2) is 0 Å². The summed E-state index contributed by atoms with van der Waals surface area (Å²) >= 11 is 6.30. The normalized spacial score (nSPS) is 29.7. The summed E-state index contributed by atoms with van der Waals surface area (Å²) < 4.78 is 58.5. The number of nitrogens with zero attached hydrogens (tertiary/aromatic N) is 3. The Kier molecular flexibility index (Phi) is 11.8. The molecule has 0 spiro atoms. The van der Waals surface area contributed by atoms with Gasteiger partial charge in [-0.05, 0) is 124 Å². The average Bonchev–Trinajstić information content (AvgIpc) is 3.13. The predicted octanol–water partition coefficient (Wildman–Crippen LogP) is 6.68. The maximum atomic E-state index is 15.6. The van der Waals surface area contributed by atoms with Crippen molar-refractivity contribution >= 4 is 33.2 Å². The minimum Gasteiger partial charge on any atom is -0.491 e. The molecule has 4 heterocycles. The highest BCUT2D eigenvalue weighted by atomic mass is 35.5. The molecule has 12 heteroatoms. The number of piperazine rings is 1. The number of carbonyl (C=O) groups is 1. The van der Waals surface area contributed by atoms with Crippen molar-refractivity contribution in [3.8, 4) is 5.75 Å². The van der Waals surface area contributed by atoms with E-state index < -0.39 is 21.2 Å². The van der Waals surface area contributed by atoms with Crippen molar-refractivity contribution in [1.82, 2.24) is 14.5 Å². The number of rotatable bonds is 5. The maximum Gasteiger partial charge on any atom is 0.264 e. The summed E-state index contributed by atoms with van der Waals surface area (Å²) in [5.41, 5.74) is 3.64. The van der Waals surface area contributed by atoms with Gasteiger partial charge in [0.25, 0.3) is 5.91 Å². The van der Waals surface area contributed by atoms with E-state index in [0.717, 1.165) is 64.0 Å². The molecule has 53 heavy (non-hydrogen) atoms. The molecule has 8 rings (SSSR count). The van der Waals surface area contributed by atoms with Gasteiger partial charge in [0.05, 0.1) is 35.3 Å². The van der Waals surface area contributed by atoms with Gasteiger partial charge in [0, 0.05) is 57.4 Å². The van der Waals surface area contributed by atoms with E-state index >= 15 is 4.39 Å². The molecule has 9 nitrogen and oxygen atoms in total. The van der Waals surface area contributed by atoms with Crippen molar-refractivity contribution in [2.45, 2.75) is 90.2 Å². The number of fused-ring (bicyclic) bond motifs is 5. The third-order valence-electron chi connectivity index (χ3n) is 12.9. The zero-order chi connectivity index (χ0) is 37.4. The molecule has 4 bridgehead atoms. The lowest BCUT2D eigenvalue weighted by molar-refractivity contribution is -0.0358. The van der Waals surface area contributed by atoms with Crippen LogP contribution in [-0.2, 0) is 27.7 Å². The SMILES string of the molecule is CC(C)N1CCN(CCO[C@H]2C3=C[C@@H](C3)[C@H](C)[C@@H](C)S(=O)(=O)NC(=O)c3ccc4c(c3)N(Cc3ccc(Cl)c(F)c3CCCCO4)C[C@@H]3CC[C@H]32)CC1. The van der Waals surface area contributed by atoms with E-state index in [1.165, 1.54) is 5.57 Å². The van der Waals surface area contributed by atoms with Gasteiger partial charge in [-0.2, -0.15) is 0 Å². The number of hydrogen-bond acceptors (Lipinski definition) is 8. The molecule has 4 aliphatic heterocycles. The molecule has 1 saturated carbocycles. The van der Waals surface area contributed by atoms with Crippen LogP contribution in [0.4, 0.5) is 10.1 Å². The fraction of sp³-hybridized carbons (Fsp3) is 0.634. The Morgan fingerprint density at radius 2 is 1.85 bits per heavy atom. The van der Waals surface area contributed by atoms with Gasteiger partial charge in [-0.15, -0.1) is 0 Å². The highest BCUT2D eigenvalue weighted by Gasteiger charge is 2.45. The van der Waals surface area contributed by atoms with Crippen LogP contribution in [0.3, 0.4) is 0 Å². The van der Waals surface area contributed by atoms with Crippen molar-refractivity contribution in [3.05, 3.63) is 69.5 Å². The first-order valence-corrected chi connectivity index (χ1v) is 21.6. The Hall–Kier alpha value is -2.70. The van der Waals surface area contributed by atoms with Crippen LogP contribution in [0.2, 0.25) is 5.02 Å². The molecule has 6 aliphatic rings. The van der Waals surface area contributed by atoms with Gasteiger partial charge >= 0.3 is 0 Å². The largest absolute Gasteiger partial charge is 0.491 e. The molecular formula is C41H56ClFN4O5S. The van der Waals surface area contributed by atoms with E-state index in [1.54, 1.807) is 31.2 Å². The number of halogens is 2. The van der Waals surface area contributed by atoms with E-state index in [1.807, 2.05) is 13.0 Å². The van der Waals surface area contributed by atoms with Crippen molar-refractivity contribution in [3.63, 3.8) is 0 Å². The molecule has 290 valence electrons. The molecule has 1 saturated heterocycles. The van der Waals surface area contributed by atoms with Gasteiger partial charge in [-0.1, -0.05) is 30.7 Å². The lowest BCUT2D eigenvalue weighted by Gasteiger charge is -2.48. The number of anilines is 1. The molecule has 1 N–H and O–H groups in total. The molecular weight excluding hydrogens is 715 g/mol. The zero-order valence-electron chi connectivity index (χ0n) is 31.7. The van der Waals surface area contributed by atoms with Crippen LogP contribution in [0.1, 0.15) is 81.3 Å². The highest BCUT2D eigenvalue weighted by Crippen LogP contribution is 2.48. The van der Waals surface area contributed by atoms with Gasteiger partial charge in [-0.25, -0.2) is 17.5 Å². The van der Waals surface area contributed by atoms with E-state index in [2.05, 4.69) is 39.3 Å². The number of sulfonamides is 1. The highest BCUT2D eigenvalue weighted by molar-refractivity contribution is 7.90. The summed E-state index contributed by atoms with van der Waals surface area (Å²) in [5, 5.41) is -0.666. The lowest BCUT2D eigenvalue weighted by atomic mass is 9.64. The monoisotopic (exact) mass is 770 g/mol. The first-order valence-electron chi connectivity index (χ1n) is 19.7. The number of nitrogens with one attached hydrogen (secondary N) is 1. The molecule has 0 radical (unpaired) electrons. The predicted molar refractivity (Wildman–Crippen MR) is 208 cm³/mol. The summed E-state index contributed by atoms with van der Waals surface area (Å²) in [7, 11) is -3.98. The second kappa shape index (κ2) is 16.2. The number of amides is 1. The first kappa shape index (κ1) is 38.6. The van der Waals surface area contributed by atoms with Gasteiger partial charge in [-0.3, -0.25) is 14.6 Å². The summed E-state index contributed by atoms with van der Waals surface area (Å²) in [5.74, 6) is 0.0358. The second-order valence-corrected chi connectivity index (χ2v) is 18.7. The minimum absolute atomic E-state index is 0.0526. The van der Waals surface area contributed by atoms with Gasteiger partial charge < -0.3 is 14.4 Å². The Balaban J connectivity index is 1.23. The molecule has 6 atom stereocenters. The standard InChI is InChI=1S/C41H56ClFN4O5S/c1-26(2)46-16-14-45(15-17-46)18-20-52-40-33-21-32(22-33)27(3)28(4)53(49,50)44-41(48)29-10-13-38-37(23-29)47(25-31-8-11-35(31)40)24-30-9-12-36(42)39(43)34(30)7-5-6-19-51-38/h9-10,12-13,21,23,26-28,31-32,35,40H,5-8,11,14-20,22,24-25H2,1-4H3,(H,44,48)/t27-,28-,31+,32+,35-,40+/m1/s1. The Morgan fingerprint density at radius 3 is 2.57 bits per heavy atom. The van der Waals surface area contributed by atoms with E-state index in [4.69, 9.17) is 21.1 Å². The van der Waals surface area contributed by atoms with Crippen LogP contribution >= 0.6 is 11.6 Å². The zero-order valence-corrected chi connectivity index (χ0v) is 33.2. The van der Waals surface area contributed by atoms with Gasteiger partial charge in [0.2, 0.25) is 10.0 Å². The van der Waals surface area contributed by atoms with E-state index in [0.29, 0.717) is 62.2 Å². The summed E-state index contributed by atoms with van der Waals surface area (Å²) in [6.07, 6.45) is 7.03.